The number of rotatable bonds is 6. The van der Waals surface area contributed by atoms with E-state index in [0.717, 1.165) is 55.7 Å². The Labute approximate surface area is 136 Å². The summed E-state index contributed by atoms with van der Waals surface area (Å²) in [5.41, 5.74) is 1.26. The number of likely N-dealkylation sites (tertiary alicyclic amines) is 1. The van der Waals surface area contributed by atoms with Gasteiger partial charge in [0, 0.05) is 19.0 Å². The first-order valence-corrected chi connectivity index (χ1v) is 8.75. The Balaban J connectivity index is 2.00. The molecule has 1 aromatic carbocycles. The second-order valence-electron chi connectivity index (χ2n) is 5.83. The van der Waals surface area contributed by atoms with Crippen LogP contribution in [0.4, 0.5) is 0 Å². The Bertz CT molecular complexity index is 452. The zero-order valence-corrected chi connectivity index (χ0v) is 14.6. The van der Waals surface area contributed by atoms with Crippen molar-refractivity contribution in [1.29, 1.82) is 0 Å². The number of aliphatic hydroxyl groups is 1. The van der Waals surface area contributed by atoms with Gasteiger partial charge in [-0.3, -0.25) is 0 Å². The zero-order chi connectivity index (χ0) is 15.2. The molecule has 0 aromatic heterocycles. The third kappa shape index (κ3) is 4.70. The monoisotopic (exact) mass is 355 g/mol. The molecule has 0 spiro atoms. The highest BCUT2D eigenvalue weighted by molar-refractivity contribution is 9.10. The van der Waals surface area contributed by atoms with E-state index in [1.54, 1.807) is 0 Å². The highest BCUT2D eigenvalue weighted by Crippen LogP contribution is 2.29. The van der Waals surface area contributed by atoms with Crippen molar-refractivity contribution in [1.82, 2.24) is 4.90 Å². The number of benzene rings is 1. The SMILES string of the molecule is CCCOc1ccc(CC2CN(CC)CCC2O)cc1Br. The Morgan fingerprint density at radius 2 is 2.19 bits per heavy atom. The standard InChI is InChI=1S/C17H26BrNO2/c1-3-9-21-17-6-5-13(11-15(17)18)10-14-12-19(4-2)8-7-16(14)20/h5-6,11,14,16,20H,3-4,7-10,12H2,1-2H3. The van der Waals surface area contributed by atoms with Gasteiger partial charge in [-0.1, -0.05) is 19.9 Å². The maximum Gasteiger partial charge on any atom is 0.133 e. The second-order valence-corrected chi connectivity index (χ2v) is 6.68. The average Bonchev–Trinajstić information content (AvgIpc) is 2.49. The minimum atomic E-state index is -0.178. The first kappa shape index (κ1) is 16.8. The van der Waals surface area contributed by atoms with E-state index in [4.69, 9.17) is 4.74 Å². The van der Waals surface area contributed by atoms with Gasteiger partial charge in [0.25, 0.3) is 0 Å². The van der Waals surface area contributed by atoms with Crippen LogP contribution >= 0.6 is 15.9 Å². The minimum absolute atomic E-state index is 0.178. The lowest BCUT2D eigenvalue weighted by atomic mass is 9.89. The molecule has 1 aromatic rings. The number of halogens is 1. The summed E-state index contributed by atoms with van der Waals surface area (Å²) in [5, 5.41) is 10.2. The number of piperidine rings is 1. The predicted molar refractivity (Wildman–Crippen MR) is 89.9 cm³/mol. The van der Waals surface area contributed by atoms with Gasteiger partial charge in [-0.2, -0.15) is 0 Å². The fourth-order valence-electron chi connectivity index (χ4n) is 2.89. The molecule has 0 radical (unpaired) electrons. The maximum atomic E-state index is 10.2. The maximum absolute atomic E-state index is 10.2. The third-order valence-electron chi connectivity index (χ3n) is 4.18. The van der Waals surface area contributed by atoms with Crippen molar-refractivity contribution in [2.24, 2.45) is 5.92 Å². The Hall–Kier alpha value is -0.580. The van der Waals surface area contributed by atoms with Crippen LogP contribution in [0.3, 0.4) is 0 Å². The molecule has 0 amide bonds. The topological polar surface area (TPSA) is 32.7 Å². The molecule has 1 saturated heterocycles. The van der Waals surface area contributed by atoms with Crippen LogP contribution in [0.5, 0.6) is 5.75 Å². The molecule has 4 heteroatoms. The molecule has 3 nitrogen and oxygen atoms in total. The van der Waals surface area contributed by atoms with Crippen LogP contribution in [0.15, 0.2) is 22.7 Å². The van der Waals surface area contributed by atoms with Gasteiger partial charge in [0.05, 0.1) is 17.2 Å². The lowest BCUT2D eigenvalue weighted by Crippen LogP contribution is -2.43. The normalized spacial score (nSPS) is 23.2. The summed E-state index contributed by atoms with van der Waals surface area (Å²) in [7, 11) is 0. The molecule has 1 N–H and O–H groups in total. The van der Waals surface area contributed by atoms with Crippen LogP contribution in [0.2, 0.25) is 0 Å². The van der Waals surface area contributed by atoms with Crippen molar-refractivity contribution < 1.29 is 9.84 Å². The molecule has 1 heterocycles. The van der Waals surface area contributed by atoms with Crippen LogP contribution in [-0.4, -0.2) is 42.4 Å². The Kier molecular flexibility index (Phi) is 6.52. The van der Waals surface area contributed by atoms with Crippen LogP contribution in [-0.2, 0) is 6.42 Å². The van der Waals surface area contributed by atoms with Crippen molar-refractivity contribution in [2.45, 2.75) is 39.2 Å². The van der Waals surface area contributed by atoms with E-state index in [-0.39, 0.29) is 6.10 Å². The highest BCUT2D eigenvalue weighted by atomic mass is 79.9. The lowest BCUT2D eigenvalue weighted by molar-refractivity contribution is 0.0290. The molecule has 0 bridgehead atoms. The summed E-state index contributed by atoms with van der Waals surface area (Å²) < 4.78 is 6.69. The molecule has 1 fully saturated rings. The van der Waals surface area contributed by atoms with Crippen molar-refractivity contribution in [3.05, 3.63) is 28.2 Å². The van der Waals surface area contributed by atoms with Crippen LogP contribution in [0, 0.1) is 5.92 Å². The summed E-state index contributed by atoms with van der Waals surface area (Å²) in [4.78, 5) is 2.42. The van der Waals surface area contributed by atoms with Gasteiger partial charge in [-0.15, -0.1) is 0 Å². The summed E-state index contributed by atoms with van der Waals surface area (Å²) in [5.74, 6) is 1.23. The van der Waals surface area contributed by atoms with E-state index >= 15 is 0 Å². The molecule has 2 atom stereocenters. The molecule has 1 aliphatic heterocycles. The van der Waals surface area contributed by atoms with E-state index < -0.39 is 0 Å². The van der Waals surface area contributed by atoms with Crippen LogP contribution in [0.1, 0.15) is 32.3 Å². The van der Waals surface area contributed by atoms with Gasteiger partial charge in [0.15, 0.2) is 0 Å². The summed E-state index contributed by atoms with van der Waals surface area (Å²) >= 11 is 3.58. The van der Waals surface area contributed by atoms with E-state index in [1.165, 1.54) is 5.56 Å². The smallest absolute Gasteiger partial charge is 0.133 e. The van der Waals surface area contributed by atoms with Crippen molar-refractivity contribution in [2.75, 3.05) is 26.2 Å². The molecule has 21 heavy (non-hydrogen) atoms. The van der Waals surface area contributed by atoms with E-state index in [0.29, 0.717) is 5.92 Å². The lowest BCUT2D eigenvalue weighted by Gasteiger charge is -2.35. The average molecular weight is 356 g/mol. The number of nitrogens with zero attached hydrogens (tertiary/aromatic N) is 1. The van der Waals surface area contributed by atoms with E-state index in [2.05, 4.69) is 46.8 Å². The number of hydrogen-bond donors (Lipinski definition) is 1. The molecular weight excluding hydrogens is 330 g/mol. The van der Waals surface area contributed by atoms with Gasteiger partial charge >= 0.3 is 0 Å². The molecule has 2 unspecified atom stereocenters. The van der Waals surface area contributed by atoms with Gasteiger partial charge in [-0.25, -0.2) is 0 Å². The van der Waals surface area contributed by atoms with Crippen molar-refractivity contribution >= 4 is 15.9 Å². The molecule has 1 aliphatic rings. The van der Waals surface area contributed by atoms with Crippen molar-refractivity contribution in [3.63, 3.8) is 0 Å². The Morgan fingerprint density at radius 3 is 2.86 bits per heavy atom. The van der Waals surface area contributed by atoms with Gasteiger partial charge < -0.3 is 14.7 Å². The Morgan fingerprint density at radius 1 is 1.38 bits per heavy atom. The fourth-order valence-corrected chi connectivity index (χ4v) is 3.43. The molecule has 0 saturated carbocycles. The fraction of sp³-hybridized carbons (Fsp3) is 0.647. The quantitative estimate of drug-likeness (QED) is 0.847. The summed E-state index contributed by atoms with van der Waals surface area (Å²) in [6.45, 7) is 8.10. The molecule has 0 aliphatic carbocycles. The third-order valence-corrected chi connectivity index (χ3v) is 4.80. The highest BCUT2D eigenvalue weighted by Gasteiger charge is 2.27. The van der Waals surface area contributed by atoms with Crippen molar-refractivity contribution in [3.8, 4) is 5.75 Å². The van der Waals surface area contributed by atoms with Gasteiger partial charge in [-0.05, 0) is 59.4 Å². The first-order chi connectivity index (χ1) is 10.1. The first-order valence-electron chi connectivity index (χ1n) is 7.95. The number of ether oxygens (including phenoxy) is 1. The van der Waals surface area contributed by atoms with Crippen LogP contribution in [0.25, 0.3) is 0 Å². The molecule has 2 rings (SSSR count). The van der Waals surface area contributed by atoms with Crippen LogP contribution < -0.4 is 4.74 Å². The molecule has 118 valence electrons. The van der Waals surface area contributed by atoms with Gasteiger partial charge in [0.1, 0.15) is 5.75 Å². The summed E-state index contributed by atoms with van der Waals surface area (Å²) in [6.07, 6.45) is 2.64. The predicted octanol–water partition coefficient (Wildman–Crippen LogP) is 3.48. The second kappa shape index (κ2) is 8.16. The van der Waals surface area contributed by atoms with Gasteiger partial charge in [0.2, 0.25) is 0 Å². The minimum Gasteiger partial charge on any atom is -0.492 e. The number of aliphatic hydroxyl groups excluding tert-OH is 1. The summed E-state index contributed by atoms with van der Waals surface area (Å²) in [6, 6.07) is 6.28. The number of hydrogen-bond acceptors (Lipinski definition) is 3. The zero-order valence-electron chi connectivity index (χ0n) is 13.0. The van der Waals surface area contributed by atoms with E-state index in [1.807, 2.05) is 6.07 Å². The van der Waals surface area contributed by atoms with E-state index in [9.17, 15) is 5.11 Å². The largest absolute Gasteiger partial charge is 0.492 e. The molecular formula is C17H26BrNO2.